The summed E-state index contributed by atoms with van der Waals surface area (Å²) >= 11 is 0. The Kier molecular flexibility index (Phi) is 3.35. The number of rotatable bonds is 2. The molecule has 22 heavy (non-hydrogen) atoms. The molecule has 0 radical (unpaired) electrons. The fraction of sp³-hybridized carbons (Fsp3) is 0.263. The van der Waals surface area contributed by atoms with Crippen molar-refractivity contribution in [3.63, 3.8) is 0 Å². The van der Waals surface area contributed by atoms with Crippen LogP contribution in [0.3, 0.4) is 0 Å². The molecule has 0 spiro atoms. The first-order valence-corrected chi connectivity index (χ1v) is 7.73. The summed E-state index contributed by atoms with van der Waals surface area (Å²) in [5.74, 6) is 0.925. The summed E-state index contributed by atoms with van der Waals surface area (Å²) < 4.78 is 11.4. The van der Waals surface area contributed by atoms with Gasteiger partial charge in [0.25, 0.3) is 0 Å². The van der Waals surface area contributed by atoms with E-state index in [0.717, 1.165) is 48.6 Å². The van der Waals surface area contributed by atoms with E-state index < -0.39 is 0 Å². The van der Waals surface area contributed by atoms with Gasteiger partial charge in [0, 0.05) is 29.7 Å². The number of aryl methyl sites for hydroxylation is 1. The molecule has 1 aliphatic rings. The summed E-state index contributed by atoms with van der Waals surface area (Å²) in [4.78, 5) is 2.36. The van der Waals surface area contributed by atoms with Crippen LogP contribution < -0.4 is 4.90 Å². The van der Waals surface area contributed by atoms with Crippen molar-refractivity contribution in [2.75, 3.05) is 31.2 Å². The second-order valence-electron chi connectivity index (χ2n) is 5.80. The molecule has 0 N–H and O–H groups in total. The second-order valence-corrected chi connectivity index (χ2v) is 5.80. The Labute approximate surface area is 130 Å². The first-order chi connectivity index (χ1) is 10.8. The van der Waals surface area contributed by atoms with Gasteiger partial charge in [-0.1, -0.05) is 12.1 Å². The van der Waals surface area contributed by atoms with Crippen molar-refractivity contribution >= 4 is 16.7 Å². The van der Waals surface area contributed by atoms with Gasteiger partial charge < -0.3 is 14.1 Å². The maximum absolute atomic E-state index is 5.99. The van der Waals surface area contributed by atoms with Crippen LogP contribution in [0.2, 0.25) is 0 Å². The van der Waals surface area contributed by atoms with Crippen LogP contribution in [0.25, 0.3) is 22.3 Å². The summed E-state index contributed by atoms with van der Waals surface area (Å²) in [6.07, 6.45) is 0. The number of benzene rings is 2. The lowest BCUT2D eigenvalue weighted by Crippen LogP contribution is -2.36. The lowest BCUT2D eigenvalue weighted by Gasteiger charge is -2.28. The zero-order chi connectivity index (χ0) is 14.9. The van der Waals surface area contributed by atoms with Gasteiger partial charge in [0.15, 0.2) is 0 Å². The van der Waals surface area contributed by atoms with E-state index in [2.05, 4.69) is 60.4 Å². The molecule has 0 atom stereocenters. The Hall–Kier alpha value is -2.26. The average molecular weight is 293 g/mol. The van der Waals surface area contributed by atoms with Crippen LogP contribution in [0.5, 0.6) is 0 Å². The molecule has 1 aromatic heterocycles. The van der Waals surface area contributed by atoms with E-state index in [4.69, 9.17) is 9.15 Å². The van der Waals surface area contributed by atoms with Crippen molar-refractivity contribution < 1.29 is 9.15 Å². The van der Waals surface area contributed by atoms with Crippen LogP contribution in [-0.2, 0) is 4.74 Å². The molecular weight excluding hydrogens is 274 g/mol. The number of ether oxygens (including phenoxy) is 1. The highest BCUT2D eigenvalue weighted by atomic mass is 16.5. The highest BCUT2D eigenvalue weighted by molar-refractivity contribution is 5.83. The van der Waals surface area contributed by atoms with E-state index in [1.165, 1.54) is 11.3 Å². The SMILES string of the molecule is Cc1ccc2cc(-c3ccc(N4CCOCC4)cc3)oc2c1. The number of morpholine rings is 1. The van der Waals surface area contributed by atoms with E-state index in [0.29, 0.717) is 0 Å². The van der Waals surface area contributed by atoms with Crippen molar-refractivity contribution in [1.82, 2.24) is 0 Å². The van der Waals surface area contributed by atoms with E-state index >= 15 is 0 Å². The Morgan fingerprint density at radius 3 is 2.45 bits per heavy atom. The van der Waals surface area contributed by atoms with Gasteiger partial charge in [-0.05, 0) is 48.9 Å². The Bertz CT molecular complexity index is 783. The van der Waals surface area contributed by atoms with E-state index in [-0.39, 0.29) is 0 Å². The number of fused-ring (bicyclic) bond motifs is 1. The Balaban J connectivity index is 1.63. The Morgan fingerprint density at radius 1 is 0.909 bits per heavy atom. The quantitative estimate of drug-likeness (QED) is 0.706. The minimum absolute atomic E-state index is 0.810. The van der Waals surface area contributed by atoms with Crippen LogP contribution >= 0.6 is 0 Å². The third-order valence-electron chi connectivity index (χ3n) is 4.20. The molecule has 0 amide bonds. The van der Waals surface area contributed by atoms with E-state index in [1.807, 2.05) is 0 Å². The molecule has 1 aliphatic heterocycles. The zero-order valence-corrected chi connectivity index (χ0v) is 12.7. The van der Waals surface area contributed by atoms with Crippen LogP contribution in [0, 0.1) is 6.92 Å². The van der Waals surface area contributed by atoms with Gasteiger partial charge in [-0.3, -0.25) is 0 Å². The maximum Gasteiger partial charge on any atom is 0.135 e. The Morgan fingerprint density at radius 2 is 1.68 bits per heavy atom. The lowest BCUT2D eigenvalue weighted by molar-refractivity contribution is 0.122. The largest absolute Gasteiger partial charge is 0.456 e. The smallest absolute Gasteiger partial charge is 0.135 e. The van der Waals surface area contributed by atoms with Crippen molar-refractivity contribution in [3.8, 4) is 11.3 Å². The fourth-order valence-electron chi connectivity index (χ4n) is 2.94. The standard InChI is InChI=1S/C19H19NO2/c1-14-2-3-16-13-19(22-18(16)12-14)15-4-6-17(7-5-15)20-8-10-21-11-9-20/h2-7,12-13H,8-11H2,1H3. The molecule has 1 fully saturated rings. The molecule has 2 heterocycles. The first-order valence-electron chi connectivity index (χ1n) is 7.73. The van der Waals surface area contributed by atoms with Gasteiger partial charge in [0.1, 0.15) is 11.3 Å². The average Bonchev–Trinajstić information content (AvgIpc) is 2.99. The highest BCUT2D eigenvalue weighted by Gasteiger charge is 2.12. The van der Waals surface area contributed by atoms with Gasteiger partial charge in [-0.2, -0.15) is 0 Å². The fourth-order valence-corrected chi connectivity index (χ4v) is 2.94. The first kappa shape index (κ1) is 13.4. The molecule has 3 aromatic rings. The van der Waals surface area contributed by atoms with Crippen molar-refractivity contribution in [2.24, 2.45) is 0 Å². The van der Waals surface area contributed by atoms with Gasteiger partial charge in [-0.15, -0.1) is 0 Å². The molecule has 112 valence electrons. The summed E-state index contributed by atoms with van der Waals surface area (Å²) in [6, 6.07) is 17.0. The lowest BCUT2D eigenvalue weighted by atomic mass is 10.1. The topological polar surface area (TPSA) is 25.6 Å². The molecule has 0 saturated carbocycles. The van der Waals surface area contributed by atoms with Crippen LogP contribution in [-0.4, -0.2) is 26.3 Å². The highest BCUT2D eigenvalue weighted by Crippen LogP contribution is 2.29. The predicted octanol–water partition coefficient (Wildman–Crippen LogP) is 4.24. The third-order valence-corrected chi connectivity index (χ3v) is 4.20. The molecule has 2 aromatic carbocycles. The number of hydrogen-bond acceptors (Lipinski definition) is 3. The van der Waals surface area contributed by atoms with Crippen LogP contribution in [0.1, 0.15) is 5.56 Å². The molecule has 0 aliphatic carbocycles. The summed E-state index contributed by atoms with van der Waals surface area (Å²) in [7, 11) is 0. The van der Waals surface area contributed by atoms with E-state index in [9.17, 15) is 0 Å². The number of hydrogen-bond donors (Lipinski definition) is 0. The van der Waals surface area contributed by atoms with Crippen molar-refractivity contribution in [2.45, 2.75) is 6.92 Å². The molecule has 0 bridgehead atoms. The molecule has 1 saturated heterocycles. The molecule has 3 heteroatoms. The van der Waals surface area contributed by atoms with Crippen LogP contribution in [0.15, 0.2) is 52.9 Å². The summed E-state index contributed by atoms with van der Waals surface area (Å²) in [5, 5.41) is 1.15. The van der Waals surface area contributed by atoms with Crippen molar-refractivity contribution in [1.29, 1.82) is 0 Å². The summed E-state index contributed by atoms with van der Waals surface area (Å²) in [5.41, 5.74) is 4.54. The van der Waals surface area contributed by atoms with Crippen LogP contribution in [0.4, 0.5) is 5.69 Å². The minimum atomic E-state index is 0.810. The van der Waals surface area contributed by atoms with Gasteiger partial charge in [-0.25, -0.2) is 0 Å². The number of anilines is 1. The van der Waals surface area contributed by atoms with Crippen molar-refractivity contribution in [3.05, 3.63) is 54.1 Å². The van der Waals surface area contributed by atoms with Gasteiger partial charge >= 0.3 is 0 Å². The molecule has 0 unspecified atom stereocenters. The number of furan rings is 1. The predicted molar refractivity (Wildman–Crippen MR) is 89.4 cm³/mol. The molecule has 3 nitrogen and oxygen atoms in total. The van der Waals surface area contributed by atoms with Gasteiger partial charge in [0.2, 0.25) is 0 Å². The van der Waals surface area contributed by atoms with E-state index in [1.54, 1.807) is 0 Å². The van der Waals surface area contributed by atoms with Gasteiger partial charge in [0.05, 0.1) is 13.2 Å². The molecular formula is C19H19NO2. The summed E-state index contributed by atoms with van der Waals surface area (Å²) in [6.45, 7) is 5.63. The number of nitrogens with zero attached hydrogens (tertiary/aromatic N) is 1. The second kappa shape index (κ2) is 5.50. The zero-order valence-electron chi connectivity index (χ0n) is 12.7. The maximum atomic E-state index is 5.99. The molecule has 4 rings (SSSR count). The monoisotopic (exact) mass is 293 g/mol. The normalized spacial score (nSPS) is 15.4. The third kappa shape index (κ3) is 2.48. The minimum Gasteiger partial charge on any atom is -0.456 e.